The number of benzene rings is 2. The van der Waals surface area contributed by atoms with Crippen LogP contribution < -0.4 is 11.1 Å². The average molecular weight is 373 g/mol. The van der Waals surface area contributed by atoms with Gasteiger partial charge in [0.25, 0.3) is 11.1 Å². The number of hydrogen-bond acceptors (Lipinski definition) is 6. The Hall–Kier alpha value is -3.88. The molecule has 28 heavy (non-hydrogen) atoms. The lowest BCUT2D eigenvalue weighted by atomic mass is 10.2. The maximum absolute atomic E-state index is 12.8. The van der Waals surface area contributed by atoms with Crippen LogP contribution in [0.3, 0.4) is 0 Å². The van der Waals surface area contributed by atoms with E-state index < -0.39 is 0 Å². The van der Waals surface area contributed by atoms with E-state index in [2.05, 4.69) is 20.5 Å². The maximum Gasteiger partial charge on any atom is 0.278 e. The van der Waals surface area contributed by atoms with Gasteiger partial charge in [-0.2, -0.15) is 0 Å². The first kappa shape index (κ1) is 16.3. The van der Waals surface area contributed by atoms with Crippen LogP contribution in [-0.2, 0) is 13.1 Å². The molecule has 0 amide bonds. The highest BCUT2D eigenvalue weighted by Gasteiger charge is 2.17. The van der Waals surface area contributed by atoms with Gasteiger partial charge in [0.2, 0.25) is 5.78 Å². The van der Waals surface area contributed by atoms with Crippen LogP contribution in [0, 0.1) is 0 Å². The summed E-state index contributed by atoms with van der Waals surface area (Å²) in [5.74, 6) is 0.933. The molecule has 9 heteroatoms. The van der Waals surface area contributed by atoms with Crippen molar-refractivity contribution < 1.29 is 0 Å². The monoisotopic (exact) mass is 373 g/mol. The molecule has 0 aliphatic heterocycles. The fourth-order valence-corrected chi connectivity index (χ4v) is 3.46. The number of hydrogen-bond donors (Lipinski definition) is 0. The van der Waals surface area contributed by atoms with Gasteiger partial charge in [0, 0.05) is 6.54 Å². The summed E-state index contributed by atoms with van der Waals surface area (Å²) in [6.07, 6.45) is 0. The van der Waals surface area contributed by atoms with Crippen molar-refractivity contribution in [2.24, 2.45) is 0 Å². The lowest BCUT2D eigenvalue weighted by Gasteiger charge is -2.10. The number of aromatic nitrogens is 7. The third-order valence-corrected chi connectivity index (χ3v) is 4.81. The molecule has 0 spiro atoms. The fraction of sp³-hybridized carbons (Fsp3) is 0.158. The first-order valence-corrected chi connectivity index (χ1v) is 8.87. The van der Waals surface area contributed by atoms with Crippen molar-refractivity contribution in [1.29, 1.82) is 0 Å². The van der Waals surface area contributed by atoms with Crippen molar-refractivity contribution in [2.75, 3.05) is 0 Å². The zero-order valence-corrected chi connectivity index (χ0v) is 15.0. The third-order valence-electron chi connectivity index (χ3n) is 4.81. The van der Waals surface area contributed by atoms with Crippen LogP contribution in [0.1, 0.15) is 12.7 Å². The Balaban J connectivity index is 1.77. The van der Waals surface area contributed by atoms with E-state index in [-0.39, 0.29) is 17.7 Å². The molecule has 0 bridgehead atoms. The molecule has 0 saturated heterocycles. The van der Waals surface area contributed by atoms with Crippen molar-refractivity contribution in [2.45, 2.75) is 20.0 Å². The average Bonchev–Trinajstić information content (AvgIpc) is 3.14. The molecule has 3 heterocycles. The molecule has 3 aromatic heterocycles. The Morgan fingerprint density at radius 1 is 0.857 bits per heavy atom. The number of para-hydroxylation sites is 1. The molecule has 0 N–H and O–H groups in total. The van der Waals surface area contributed by atoms with Crippen molar-refractivity contribution >= 4 is 27.6 Å². The van der Waals surface area contributed by atoms with E-state index in [1.807, 2.05) is 31.2 Å². The minimum absolute atomic E-state index is 0.0871. The van der Waals surface area contributed by atoms with Gasteiger partial charge in [-0.05, 0) is 31.2 Å². The zero-order valence-electron chi connectivity index (χ0n) is 15.0. The van der Waals surface area contributed by atoms with Crippen LogP contribution >= 0.6 is 0 Å². The molecule has 0 unspecified atom stereocenters. The predicted octanol–water partition coefficient (Wildman–Crippen LogP) is 1.22. The molecule has 0 radical (unpaired) electrons. The van der Waals surface area contributed by atoms with Gasteiger partial charge in [0.05, 0.1) is 16.3 Å². The summed E-state index contributed by atoms with van der Waals surface area (Å²) >= 11 is 0. The highest BCUT2D eigenvalue weighted by atomic mass is 16.1. The molecular formula is C19H15N7O2. The van der Waals surface area contributed by atoms with E-state index in [1.54, 1.807) is 33.2 Å². The molecule has 5 aromatic rings. The van der Waals surface area contributed by atoms with Crippen molar-refractivity contribution in [3.63, 3.8) is 0 Å². The molecule has 0 aliphatic rings. The highest BCUT2D eigenvalue weighted by molar-refractivity contribution is 5.80. The Kier molecular flexibility index (Phi) is 3.54. The molecular weight excluding hydrogens is 358 g/mol. The molecule has 9 nitrogen and oxygen atoms in total. The van der Waals surface area contributed by atoms with Crippen molar-refractivity contribution in [3.05, 3.63) is 75.1 Å². The molecule has 0 aliphatic carbocycles. The largest absolute Gasteiger partial charge is 0.278 e. The summed E-state index contributed by atoms with van der Waals surface area (Å²) in [5.41, 5.74) is 0.858. The minimum Gasteiger partial charge on any atom is -0.277 e. The van der Waals surface area contributed by atoms with Crippen LogP contribution in [0.2, 0.25) is 0 Å². The normalized spacial score (nSPS) is 11.6. The smallest absolute Gasteiger partial charge is 0.277 e. The lowest BCUT2D eigenvalue weighted by Crippen LogP contribution is -2.26. The van der Waals surface area contributed by atoms with Gasteiger partial charge in [-0.15, -0.1) is 15.3 Å². The summed E-state index contributed by atoms with van der Waals surface area (Å²) in [4.78, 5) is 25.5. The van der Waals surface area contributed by atoms with Gasteiger partial charge in [-0.25, -0.2) is 4.68 Å². The number of rotatable bonds is 3. The summed E-state index contributed by atoms with van der Waals surface area (Å²) in [5, 5.41) is 17.6. The lowest BCUT2D eigenvalue weighted by molar-refractivity contribution is 0.579. The minimum atomic E-state index is -0.254. The van der Waals surface area contributed by atoms with Crippen LogP contribution in [0.25, 0.3) is 27.6 Å². The molecule has 0 saturated carbocycles. The second-order valence-electron chi connectivity index (χ2n) is 6.39. The number of fused-ring (bicyclic) bond motifs is 4. The number of nitrogens with zero attached hydrogens (tertiary/aromatic N) is 7. The summed E-state index contributed by atoms with van der Waals surface area (Å²) in [6.45, 7) is 2.43. The van der Waals surface area contributed by atoms with Crippen LogP contribution in [-0.4, -0.2) is 34.2 Å². The van der Waals surface area contributed by atoms with E-state index in [0.29, 0.717) is 40.0 Å². The molecule has 0 fully saturated rings. The van der Waals surface area contributed by atoms with Crippen LogP contribution in [0.4, 0.5) is 0 Å². The standard InChI is InChI=1S/C19H15N7O2/c1-2-24-17(27)13-8-4-6-10-15(13)26-16(21-22-19(24)26)11-25-18(28)12-7-3-5-9-14(12)20-23-25/h3-10H,2,11H2,1H3. The summed E-state index contributed by atoms with van der Waals surface area (Å²) in [6, 6.07) is 14.3. The first-order chi connectivity index (χ1) is 13.7. The second kappa shape index (κ2) is 6.08. The van der Waals surface area contributed by atoms with Gasteiger partial charge in [0.15, 0.2) is 5.82 Å². The number of aryl methyl sites for hydroxylation is 1. The Bertz CT molecular complexity index is 1480. The Labute approximate surface area is 157 Å². The first-order valence-electron chi connectivity index (χ1n) is 8.87. The quantitative estimate of drug-likeness (QED) is 0.471. The second-order valence-corrected chi connectivity index (χ2v) is 6.39. The van der Waals surface area contributed by atoms with Gasteiger partial charge in [-0.1, -0.05) is 29.5 Å². The van der Waals surface area contributed by atoms with Crippen LogP contribution in [0.15, 0.2) is 58.1 Å². The van der Waals surface area contributed by atoms with Crippen LogP contribution in [0.5, 0.6) is 0 Å². The van der Waals surface area contributed by atoms with Gasteiger partial charge in [0.1, 0.15) is 12.1 Å². The van der Waals surface area contributed by atoms with E-state index in [4.69, 9.17) is 0 Å². The van der Waals surface area contributed by atoms with E-state index in [9.17, 15) is 9.59 Å². The molecule has 5 rings (SSSR count). The van der Waals surface area contributed by atoms with Gasteiger partial charge >= 0.3 is 0 Å². The van der Waals surface area contributed by atoms with E-state index in [1.165, 1.54) is 4.68 Å². The molecule has 2 aromatic carbocycles. The predicted molar refractivity (Wildman–Crippen MR) is 103 cm³/mol. The van der Waals surface area contributed by atoms with E-state index >= 15 is 0 Å². The molecule has 138 valence electrons. The summed E-state index contributed by atoms with van der Waals surface area (Å²) < 4.78 is 4.62. The SMILES string of the molecule is CCn1c(=O)c2ccccc2n2c(Cn3nnc4ccccc4c3=O)nnc12. The van der Waals surface area contributed by atoms with Gasteiger partial charge < -0.3 is 0 Å². The van der Waals surface area contributed by atoms with Crippen molar-refractivity contribution in [1.82, 2.24) is 34.2 Å². The molecule has 0 atom stereocenters. The van der Waals surface area contributed by atoms with Crippen molar-refractivity contribution in [3.8, 4) is 0 Å². The van der Waals surface area contributed by atoms with Gasteiger partial charge in [-0.3, -0.25) is 18.6 Å². The van der Waals surface area contributed by atoms with E-state index in [0.717, 1.165) is 0 Å². The fourth-order valence-electron chi connectivity index (χ4n) is 3.46. The Morgan fingerprint density at radius 2 is 1.61 bits per heavy atom. The maximum atomic E-state index is 12.8. The zero-order chi connectivity index (χ0) is 19.3. The third kappa shape index (κ3) is 2.26. The summed E-state index contributed by atoms with van der Waals surface area (Å²) in [7, 11) is 0. The topological polar surface area (TPSA) is 100.0 Å². The highest BCUT2D eigenvalue weighted by Crippen LogP contribution is 2.15. The Morgan fingerprint density at radius 3 is 2.43 bits per heavy atom.